The molecule has 1 N–H and O–H groups in total. The topological polar surface area (TPSA) is 66.8 Å². The van der Waals surface area contributed by atoms with Crippen LogP contribution in [0.3, 0.4) is 0 Å². The van der Waals surface area contributed by atoms with Gasteiger partial charge in [0, 0.05) is 13.1 Å². The van der Waals surface area contributed by atoms with E-state index in [1.807, 2.05) is 12.1 Å². The van der Waals surface area contributed by atoms with Crippen molar-refractivity contribution in [1.82, 2.24) is 4.90 Å². The second-order valence-electron chi connectivity index (χ2n) is 6.52. The number of carbonyl (C=O) groups is 2. The largest absolute Gasteiger partial charge is 0.481 e. The summed E-state index contributed by atoms with van der Waals surface area (Å²) in [7, 11) is 0. The Morgan fingerprint density at radius 1 is 1.26 bits per heavy atom. The van der Waals surface area contributed by atoms with Crippen LogP contribution in [0.2, 0.25) is 0 Å². The van der Waals surface area contributed by atoms with Gasteiger partial charge < -0.3 is 14.7 Å². The molecule has 5 nitrogen and oxygen atoms in total. The number of carbonyl (C=O) groups excluding carboxylic acids is 1. The summed E-state index contributed by atoms with van der Waals surface area (Å²) in [5.41, 5.74) is 2.27. The molecule has 1 aliphatic rings. The molecule has 23 heavy (non-hydrogen) atoms. The molecule has 0 aliphatic carbocycles. The standard InChI is InChI=1S/C18H25NO4/c1-13(2)9-14-3-5-15(6-4-14)10-17(20)19-7-8-23-16(12-19)11-18(21)22/h3-6,13,16H,7-12H2,1-2H3,(H,21,22). The van der Waals surface area contributed by atoms with Crippen LogP contribution in [0.1, 0.15) is 31.4 Å². The van der Waals surface area contributed by atoms with Crippen molar-refractivity contribution in [2.45, 2.75) is 39.2 Å². The maximum Gasteiger partial charge on any atom is 0.306 e. The number of carboxylic acids is 1. The molecule has 0 radical (unpaired) electrons. The smallest absolute Gasteiger partial charge is 0.306 e. The molecule has 1 atom stereocenters. The van der Waals surface area contributed by atoms with Gasteiger partial charge in [-0.2, -0.15) is 0 Å². The normalized spacial score (nSPS) is 18.2. The third kappa shape index (κ3) is 5.67. The Balaban J connectivity index is 1.89. The zero-order valence-electron chi connectivity index (χ0n) is 13.8. The van der Waals surface area contributed by atoms with Crippen molar-refractivity contribution >= 4 is 11.9 Å². The highest BCUT2D eigenvalue weighted by Gasteiger charge is 2.25. The van der Waals surface area contributed by atoms with Crippen molar-refractivity contribution in [3.05, 3.63) is 35.4 Å². The summed E-state index contributed by atoms with van der Waals surface area (Å²) in [6, 6.07) is 8.17. The lowest BCUT2D eigenvalue weighted by molar-refractivity contribution is -0.147. The van der Waals surface area contributed by atoms with Crippen molar-refractivity contribution in [2.24, 2.45) is 5.92 Å². The second kappa shape index (κ2) is 8.11. The summed E-state index contributed by atoms with van der Waals surface area (Å²) in [6.07, 6.45) is 0.919. The van der Waals surface area contributed by atoms with Crippen LogP contribution in [-0.4, -0.2) is 47.7 Å². The van der Waals surface area contributed by atoms with Gasteiger partial charge in [-0.1, -0.05) is 38.1 Å². The molecule has 1 aliphatic heterocycles. The Hall–Kier alpha value is -1.88. The van der Waals surface area contributed by atoms with Gasteiger partial charge in [0.2, 0.25) is 5.91 Å². The van der Waals surface area contributed by atoms with E-state index in [0.717, 1.165) is 12.0 Å². The van der Waals surface area contributed by atoms with Crippen molar-refractivity contribution in [3.63, 3.8) is 0 Å². The van der Waals surface area contributed by atoms with Crippen molar-refractivity contribution in [2.75, 3.05) is 19.7 Å². The zero-order valence-corrected chi connectivity index (χ0v) is 13.8. The number of amides is 1. The lowest BCUT2D eigenvalue weighted by Crippen LogP contribution is -2.46. The van der Waals surface area contributed by atoms with Crippen LogP contribution in [0.25, 0.3) is 0 Å². The SMILES string of the molecule is CC(C)Cc1ccc(CC(=O)N2CCOC(CC(=O)O)C2)cc1. The Morgan fingerprint density at radius 2 is 1.91 bits per heavy atom. The van der Waals surface area contributed by atoms with E-state index in [1.165, 1.54) is 5.56 Å². The van der Waals surface area contributed by atoms with Gasteiger partial charge in [0.15, 0.2) is 0 Å². The molecular formula is C18H25NO4. The molecule has 5 heteroatoms. The van der Waals surface area contributed by atoms with E-state index in [4.69, 9.17) is 9.84 Å². The molecular weight excluding hydrogens is 294 g/mol. The Bertz CT molecular complexity index is 538. The minimum atomic E-state index is -0.898. The second-order valence-corrected chi connectivity index (χ2v) is 6.52. The molecule has 0 bridgehead atoms. The highest BCUT2D eigenvalue weighted by molar-refractivity contribution is 5.79. The summed E-state index contributed by atoms with van der Waals surface area (Å²) in [4.78, 5) is 24.9. The third-order valence-corrected chi connectivity index (χ3v) is 3.92. The third-order valence-electron chi connectivity index (χ3n) is 3.92. The molecule has 1 heterocycles. The Morgan fingerprint density at radius 3 is 2.52 bits per heavy atom. The van der Waals surface area contributed by atoms with E-state index in [2.05, 4.69) is 26.0 Å². The number of morpholine rings is 1. The average molecular weight is 319 g/mol. The van der Waals surface area contributed by atoms with Crippen LogP contribution in [0.4, 0.5) is 0 Å². The number of rotatable bonds is 6. The van der Waals surface area contributed by atoms with E-state index in [0.29, 0.717) is 32.0 Å². The number of nitrogens with zero attached hydrogens (tertiary/aromatic N) is 1. The van der Waals surface area contributed by atoms with E-state index in [-0.39, 0.29) is 12.3 Å². The molecule has 1 aromatic carbocycles. The number of carboxylic acid groups (broad SMARTS) is 1. The van der Waals surface area contributed by atoms with Gasteiger partial charge >= 0.3 is 5.97 Å². The number of aliphatic carboxylic acids is 1. The maximum atomic E-state index is 12.4. The molecule has 0 aromatic heterocycles. The predicted octanol–water partition coefficient (Wildman–Crippen LogP) is 2.13. The Kier molecular flexibility index (Phi) is 6.16. The first kappa shape index (κ1) is 17.5. The molecule has 1 saturated heterocycles. The van der Waals surface area contributed by atoms with Crippen LogP contribution in [-0.2, 0) is 27.2 Å². The lowest BCUT2D eigenvalue weighted by atomic mass is 10.0. The number of hydrogen-bond acceptors (Lipinski definition) is 3. The van der Waals surface area contributed by atoms with Crippen molar-refractivity contribution in [3.8, 4) is 0 Å². The number of ether oxygens (including phenoxy) is 1. The van der Waals surface area contributed by atoms with Crippen LogP contribution >= 0.6 is 0 Å². The highest BCUT2D eigenvalue weighted by Crippen LogP contribution is 2.13. The van der Waals surface area contributed by atoms with Crippen molar-refractivity contribution in [1.29, 1.82) is 0 Å². The first-order valence-electron chi connectivity index (χ1n) is 8.13. The molecule has 1 amide bonds. The fourth-order valence-electron chi connectivity index (χ4n) is 2.82. The van der Waals surface area contributed by atoms with Crippen LogP contribution in [0, 0.1) is 5.92 Å². The fraction of sp³-hybridized carbons (Fsp3) is 0.556. The quantitative estimate of drug-likeness (QED) is 0.872. The zero-order chi connectivity index (χ0) is 16.8. The summed E-state index contributed by atoms with van der Waals surface area (Å²) < 4.78 is 5.40. The van der Waals surface area contributed by atoms with Gasteiger partial charge in [-0.05, 0) is 23.5 Å². The minimum absolute atomic E-state index is 0.0281. The van der Waals surface area contributed by atoms with Gasteiger partial charge in [0.05, 0.1) is 25.6 Å². The van der Waals surface area contributed by atoms with E-state index >= 15 is 0 Å². The summed E-state index contributed by atoms with van der Waals surface area (Å²) >= 11 is 0. The van der Waals surface area contributed by atoms with Crippen LogP contribution in [0.15, 0.2) is 24.3 Å². The van der Waals surface area contributed by atoms with E-state index < -0.39 is 12.1 Å². The predicted molar refractivity (Wildman–Crippen MR) is 87.3 cm³/mol. The van der Waals surface area contributed by atoms with Gasteiger partial charge in [-0.25, -0.2) is 0 Å². The molecule has 0 spiro atoms. The number of benzene rings is 1. The summed E-state index contributed by atoms with van der Waals surface area (Å²) in [6.45, 7) is 5.65. The monoisotopic (exact) mass is 319 g/mol. The summed E-state index contributed by atoms with van der Waals surface area (Å²) in [5, 5.41) is 8.83. The van der Waals surface area contributed by atoms with Gasteiger partial charge in [-0.3, -0.25) is 9.59 Å². The minimum Gasteiger partial charge on any atom is -0.481 e. The van der Waals surface area contributed by atoms with E-state index in [1.54, 1.807) is 4.90 Å². The molecule has 1 unspecified atom stereocenters. The molecule has 1 aromatic rings. The van der Waals surface area contributed by atoms with Gasteiger partial charge in [-0.15, -0.1) is 0 Å². The van der Waals surface area contributed by atoms with Gasteiger partial charge in [0.25, 0.3) is 0 Å². The highest BCUT2D eigenvalue weighted by atomic mass is 16.5. The molecule has 2 rings (SSSR count). The fourth-order valence-corrected chi connectivity index (χ4v) is 2.82. The van der Waals surface area contributed by atoms with Crippen molar-refractivity contribution < 1.29 is 19.4 Å². The Labute approximate surface area is 137 Å². The van der Waals surface area contributed by atoms with Crippen LogP contribution in [0.5, 0.6) is 0 Å². The molecule has 0 saturated carbocycles. The van der Waals surface area contributed by atoms with Gasteiger partial charge in [0.1, 0.15) is 0 Å². The molecule has 126 valence electrons. The van der Waals surface area contributed by atoms with Crippen LogP contribution < -0.4 is 0 Å². The number of hydrogen-bond donors (Lipinski definition) is 1. The van der Waals surface area contributed by atoms with E-state index in [9.17, 15) is 9.59 Å². The average Bonchev–Trinajstić information content (AvgIpc) is 2.48. The maximum absolute atomic E-state index is 12.4. The summed E-state index contributed by atoms with van der Waals surface area (Å²) in [5.74, 6) is -0.257. The molecule has 1 fully saturated rings. The lowest BCUT2D eigenvalue weighted by Gasteiger charge is -2.32. The first-order valence-corrected chi connectivity index (χ1v) is 8.13. The first-order chi connectivity index (χ1) is 10.9.